The fourth-order valence-electron chi connectivity index (χ4n) is 9.96. The van der Waals surface area contributed by atoms with Gasteiger partial charge in [0.2, 0.25) is 5.91 Å². The van der Waals surface area contributed by atoms with E-state index in [1.165, 1.54) is 205 Å². The molecule has 8 unspecified atom stereocenters. The molecule has 14 heteroatoms. The van der Waals surface area contributed by atoms with Crippen molar-refractivity contribution in [2.24, 2.45) is 0 Å². The molecule has 418 valence electrons. The van der Waals surface area contributed by atoms with Crippen LogP contribution in [0.3, 0.4) is 0 Å². The van der Waals surface area contributed by atoms with Crippen LogP contribution in [0.25, 0.3) is 0 Å². The Kier molecular flexibility index (Phi) is 43.9. The zero-order valence-electron chi connectivity index (χ0n) is 45.0. The molecule has 70 heavy (non-hydrogen) atoms. The highest BCUT2D eigenvalue weighted by Crippen LogP contribution is 2.47. The van der Waals surface area contributed by atoms with Crippen molar-refractivity contribution in [1.29, 1.82) is 0 Å². The minimum atomic E-state index is -5.12. The van der Waals surface area contributed by atoms with Crippen molar-refractivity contribution in [3.8, 4) is 0 Å². The van der Waals surface area contributed by atoms with Crippen LogP contribution in [0.5, 0.6) is 0 Å². The number of aliphatic hydroxyl groups is 7. The maximum atomic E-state index is 13.1. The topological polar surface area (TPSA) is 226 Å². The van der Waals surface area contributed by atoms with E-state index in [4.69, 9.17) is 9.05 Å². The van der Waals surface area contributed by atoms with Gasteiger partial charge in [0.1, 0.15) is 36.6 Å². The zero-order chi connectivity index (χ0) is 51.5. The Balaban J connectivity index is 2.37. The van der Waals surface area contributed by atoms with E-state index in [0.29, 0.717) is 12.8 Å². The van der Waals surface area contributed by atoms with Crippen molar-refractivity contribution in [1.82, 2.24) is 5.32 Å². The molecule has 1 aliphatic rings. The molecule has 8 atom stereocenters. The minimum Gasteiger partial charge on any atom is -0.393 e. The predicted molar refractivity (Wildman–Crippen MR) is 285 cm³/mol. The van der Waals surface area contributed by atoms with E-state index < -0.39 is 75.2 Å². The summed E-state index contributed by atoms with van der Waals surface area (Å²) in [5, 5.41) is 75.1. The van der Waals surface area contributed by atoms with Gasteiger partial charge in [-0.15, -0.1) is 0 Å². The highest BCUT2D eigenvalue weighted by Gasteiger charge is 2.51. The Hall–Kier alpha value is -0.700. The van der Waals surface area contributed by atoms with Crippen LogP contribution < -0.4 is 5.32 Å². The largest absolute Gasteiger partial charge is 0.472 e. The number of aliphatic hydroxyl groups excluding tert-OH is 7. The van der Waals surface area contributed by atoms with Crippen LogP contribution in [-0.2, 0) is 18.4 Å². The third-order valence-electron chi connectivity index (χ3n) is 14.7. The zero-order valence-corrected chi connectivity index (χ0v) is 45.9. The van der Waals surface area contributed by atoms with Gasteiger partial charge >= 0.3 is 7.82 Å². The van der Waals surface area contributed by atoms with Gasteiger partial charge in [0.25, 0.3) is 0 Å². The van der Waals surface area contributed by atoms with Gasteiger partial charge in [-0.25, -0.2) is 4.57 Å². The van der Waals surface area contributed by atoms with Gasteiger partial charge < -0.3 is 46.0 Å². The summed E-state index contributed by atoms with van der Waals surface area (Å²) in [7, 11) is -5.12. The molecule has 13 nitrogen and oxygen atoms in total. The van der Waals surface area contributed by atoms with Crippen LogP contribution in [0, 0.1) is 0 Å². The average molecular weight is 1020 g/mol. The Labute approximate surface area is 428 Å². The first kappa shape index (κ1) is 67.3. The van der Waals surface area contributed by atoms with Crippen LogP contribution in [0.4, 0.5) is 0 Å². The Morgan fingerprint density at radius 2 is 0.714 bits per heavy atom. The SMILES string of the molecule is CCCCCCCCCCCCCCCCCCCCCCC(O)CC(=O)NC(COP(=O)(O)OC1C(O)C(O)C(O)C(O)C1O)C(O)CCCCCCCCCCCCCCCCCCCCCC. The number of unbranched alkanes of at least 4 members (excludes halogenated alkanes) is 38. The summed E-state index contributed by atoms with van der Waals surface area (Å²) in [6.45, 7) is 3.85. The lowest BCUT2D eigenvalue weighted by molar-refractivity contribution is -0.220. The van der Waals surface area contributed by atoms with Crippen molar-refractivity contribution >= 4 is 13.7 Å². The van der Waals surface area contributed by atoms with Crippen LogP contribution in [-0.4, -0.2) is 108 Å². The first-order valence-electron chi connectivity index (χ1n) is 29.6. The van der Waals surface area contributed by atoms with E-state index in [9.17, 15) is 50.0 Å². The summed E-state index contributed by atoms with van der Waals surface area (Å²) in [6.07, 6.45) is 37.1. The molecule has 1 rings (SSSR count). The molecular weight excluding hydrogens is 910 g/mol. The third kappa shape index (κ3) is 36.3. The Bertz CT molecular complexity index is 1200. The van der Waals surface area contributed by atoms with E-state index >= 15 is 0 Å². The lowest BCUT2D eigenvalue weighted by Gasteiger charge is -2.41. The molecule has 0 aromatic heterocycles. The number of rotatable bonds is 51. The van der Waals surface area contributed by atoms with Gasteiger partial charge in [-0.2, -0.15) is 0 Å². The van der Waals surface area contributed by atoms with E-state index in [1.807, 2.05) is 0 Å². The molecule has 1 aliphatic carbocycles. The smallest absolute Gasteiger partial charge is 0.393 e. The molecule has 0 radical (unpaired) electrons. The van der Waals surface area contributed by atoms with Crippen LogP contribution in [0.1, 0.15) is 290 Å². The maximum Gasteiger partial charge on any atom is 0.472 e. The standard InChI is InChI=1S/C56H112NO12P/c1-3-5-7-9-11-13-15-17-19-21-23-25-27-29-31-33-35-37-39-41-43-47(58)45-50(60)57-48(46-68-70(66,67)69-56-54(64)52(62)51(61)53(63)55(56)65)49(59)44-42-40-38-36-34-32-30-28-26-24-22-20-18-16-14-12-10-8-6-4-2/h47-49,51-56,58-59,61-65H,3-46H2,1-2H3,(H,57,60)(H,66,67). The molecule has 0 saturated heterocycles. The summed E-state index contributed by atoms with van der Waals surface area (Å²) in [4.78, 5) is 23.6. The molecule has 1 amide bonds. The van der Waals surface area contributed by atoms with Crippen molar-refractivity contribution < 1.29 is 59.0 Å². The maximum absolute atomic E-state index is 13.1. The number of nitrogens with one attached hydrogen (secondary N) is 1. The van der Waals surface area contributed by atoms with Gasteiger partial charge in [-0.3, -0.25) is 13.8 Å². The highest BCUT2D eigenvalue weighted by molar-refractivity contribution is 7.47. The lowest BCUT2D eigenvalue weighted by atomic mass is 9.85. The molecule has 0 spiro atoms. The average Bonchev–Trinajstić information content (AvgIpc) is 3.34. The number of hydrogen-bond donors (Lipinski definition) is 9. The summed E-state index contributed by atoms with van der Waals surface area (Å²) >= 11 is 0. The van der Waals surface area contributed by atoms with Gasteiger partial charge in [-0.05, 0) is 12.8 Å². The van der Waals surface area contributed by atoms with Gasteiger partial charge in [0, 0.05) is 0 Å². The third-order valence-corrected chi connectivity index (χ3v) is 15.7. The number of carbonyl (C=O) groups is 1. The van der Waals surface area contributed by atoms with E-state index in [1.54, 1.807) is 0 Å². The summed E-state index contributed by atoms with van der Waals surface area (Å²) in [5.74, 6) is -0.552. The van der Waals surface area contributed by atoms with Gasteiger partial charge in [0.05, 0.1) is 31.3 Å². The van der Waals surface area contributed by atoms with Crippen molar-refractivity contribution in [3.05, 3.63) is 0 Å². The number of carbonyl (C=O) groups excluding carboxylic acids is 1. The van der Waals surface area contributed by atoms with E-state index in [2.05, 4.69) is 19.2 Å². The highest BCUT2D eigenvalue weighted by atomic mass is 31.2. The molecule has 1 saturated carbocycles. The minimum absolute atomic E-state index is 0.215. The fraction of sp³-hybridized carbons (Fsp3) is 0.982. The van der Waals surface area contributed by atoms with Crippen molar-refractivity contribution in [3.63, 3.8) is 0 Å². The lowest BCUT2D eigenvalue weighted by Crippen LogP contribution is -2.64. The van der Waals surface area contributed by atoms with Crippen molar-refractivity contribution in [2.75, 3.05) is 6.61 Å². The second-order valence-electron chi connectivity index (χ2n) is 21.4. The number of amides is 1. The van der Waals surface area contributed by atoms with E-state index in [0.717, 1.165) is 44.9 Å². The molecule has 0 aromatic carbocycles. The number of phosphoric acid groups is 1. The second-order valence-corrected chi connectivity index (χ2v) is 22.8. The summed E-state index contributed by atoms with van der Waals surface area (Å²) in [6, 6.07) is -1.15. The quantitative estimate of drug-likeness (QED) is 0.0205. The van der Waals surface area contributed by atoms with Crippen LogP contribution >= 0.6 is 7.82 Å². The normalized spacial score (nSPS) is 21.7. The number of phosphoric ester groups is 1. The van der Waals surface area contributed by atoms with Crippen LogP contribution in [0.2, 0.25) is 0 Å². The molecule has 1 fully saturated rings. The first-order chi connectivity index (χ1) is 33.8. The fourth-order valence-corrected chi connectivity index (χ4v) is 10.9. The van der Waals surface area contributed by atoms with Gasteiger partial charge in [0.15, 0.2) is 0 Å². The molecule has 0 heterocycles. The molecular formula is C56H112NO12P. The summed E-state index contributed by atoms with van der Waals surface area (Å²) < 4.78 is 23.1. The summed E-state index contributed by atoms with van der Waals surface area (Å²) in [5.41, 5.74) is 0. The van der Waals surface area contributed by atoms with Gasteiger partial charge in [-0.1, -0.05) is 271 Å². The van der Waals surface area contributed by atoms with E-state index in [-0.39, 0.29) is 12.8 Å². The van der Waals surface area contributed by atoms with Crippen LogP contribution in [0.15, 0.2) is 0 Å². The second kappa shape index (κ2) is 45.7. The monoisotopic (exact) mass is 1020 g/mol. The first-order valence-corrected chi connectivity index (χ1v) is 31.1. The molecule has 9 N–H and O–H groups in total. The number of hydrogen-bond acceptors (Lipinski definition) is 11. The molecule has 0 aliphatic heterocycles. The molecule has 0 aromatic rings. The Morgan fingerprint density at radius 3 is 1.03 bits per heavy atom. The molecule has 0 bridgehead atoms. The predicted octanol–water partition coefficient (Wildman–Crippen LogP) is 12.3. The van der Waals surface area contributed by atoms with Crippen molar-refractivity contribution in [2.45, 2.75) is 345 Å². The Morgan fingerprint density at radius 1 is 0.443 bits per heavy atom.